The Bertz CT molecular complexity index is 1920. The van der Waals surface area contributed by atoms with Crippen molar-refractivity contribution in [3.8, 4) is 0 Å². The number of fused-ring (bicyclic) bond motifs is 1. The van der Waals surface area contributed by atoms with Gasteiger partial charge in [0.2, 0.25) is 11.8 Å². The normalized spacial score (nSPS) is 20.6. The first-order valence-electron chi connectivity index (χ1n) is 21.0. The highest BCUT2D eigenvalue weighted by Gasteiger charge is 2.50. The SMILES string of the molecule is CCCCCCCCCCCCCC(=O)CCCNC(=O)CCNC(=O)[C@H](O)C(C)(C)COP(=O)(O)OP(=O)(O)OC[C@H]1O[C@@H](n2cnc3c(N)ncnc32)[C@H](OP(=O)(O)O)[C@@H]1O. The minimum absolute atomic E-state index is 0.00408. The van der Waals surface area contributed by atoms with E-state index in [-0.39, 0.29) is 42.3 Å². The van der Waals surface area contributed by atoms with Gasteiger partial charge in [0, 0.05) is 37.8 Å². The van der Waals surface area contributed by atoms with Crippen LogP contribution in [0.2, 0.25) is 0 Å². The minimum Gasteiger partial charge on any atom is -0.387 e. The van der Waals surface area contributed by atoms with Crippen molar-refractivity contribution in [2.75, 3.05) is 32.0 Å². The number of hydrogen-bond donors (Lipinski definition) is 9. The molecule has 0 aromatic carbocycles. The monoisotopic (exact) mass is 959 g/mol. The number of carbonyl (C=O) groups is 3. The minimum atomic E-state index is -5.53. The molecule has 63 heavy (non-hydrogen) atoms. The summed E-state index contributed by atoms with van der Waals surface area (Å²) < 4.78 is 62.3. The van der Waals surface area contributed by atoms with Gasteiger partial charge in [0.25, 0.3) is 0 Å². The van der Waals surface area contributed by atoms with Crippen LogP contribution in [0.15, 0.2) is 12.7 Å². The molecule has 2 aromatic heterocycles. The number of aromatic nitrogens is 4. The average molecular weight is 960 g/mol. The first kappa shape index (κ1) is 54.5. The number of rotatable bonds is 32. The summed E-state index contributed by atoms with van der Waals surface area (Å²) in [7, 11) is -16.3. The zero-order chi connectivity index (χ0) is 46.8. The maximum absolute atomic E-state index is 12.7. The van der Waals surface area contributed by atoms with E-state index in [4.69, 9.17) is 24.0 Å². The number of unbranched alkanes of at least 4 members (excludes halogenated alkanes) is 10. The summed E-state index contributed by atoms with van der Waals surface area (Å²) >= 11 is 0. The van der Waals surface area contributed by atoms with Crippen LogP contribution < -0.4 is 16.4 Å². The molecule has 0 saturated carbocycles. The highest BCUT2D eigenvalue weighted by molar-refractivity contribution is 7.61. The number of anilines is 1. The predicted octanol–water partition coefficient (Wildman–Crippen LogP) is 3.46. The van der Waals surface area contributed by atoms with Crippen LogP contribution in [-0.4, -0.2) is 118 Å². The Balaban J connectivity index is 1.35. The number of ether oxygens (including phenoxy) is 1. The van der Waals surface area contributed by atoms with E-state index < -0.39 is 84.6 Å². The van der Waals surface area contributed by atoms with Crippen LogP contribution >= 0.6 is 23.5 Å². The fourth-order valence-electron chi connectivity index (χ4n) is 6.54. The number of hydrogen-bond acceptors (Lipinski definition) is 17. The fourth-order valence-corrected chi connectivity index (χ4v) is 9.34. The van der Waals surface area contributed by atoms with E-state index >= 15 is 0 Å². The second kappa shape index (κ2) is 25.8. The van der Waals surface area contributed by atoms with Gasteiger partial charge < -0.3 is 50.9 Å². The molecular formula is C36H64N7O17P3. The second-order valence-corrected chi connectivity index (χ2v) is 20.2. The lowest BCUT2D eigenvalue weighted by Gasteiger charge is -2.30. The van der Waals surface area contributed by atoms with Crippen LogP contribution in [0.1, 0.15) is 123 Å². The van der Waals surface area contributed by atoms with Gasteiger partial charge in [-0.25, -0.2) is 28.6 Å². The maximum Gasteiger partial charge on any atom is 0.481 e. The van der Waals surface area contributed by atoms with E-state index in [0.717, 1.165) is 36.5 Å². The summed E-state index contributed by atoms with van der Waals surface area (Å²) in [6.45, 7) is 2.91. The van der Waals surface area contributed by atoms with Crippen LogP contribution in [-0.2, 0) is 50.7 Å². The van der Waals surface area contributed by atoms with Crippen molar-refractivity contribution >= 4 is 58.0 Å². The molecule has 1 aliphatic rings. The van der Waals surface area contributed by atoms with Crippen molar-refractivity contribution in [3.05, 3.63) is 12.7 Å². The number of aliphatic hydroxyl groups excluding tert-OH is 2. The number of Topliss-reactive ketones (excluding diaryl/α,β-unsaturated/α-hetero) is 1. The Hall–Kier alpha value is -2.79. The average Bonchev–Trinajstić information content (AvgIpc) is 3.76. The van der Waals surface area contributed by atoms with Gasteiger partial charge in [-0.1, -0.05) is 85.0 Å². The van der Waals surface area contributed by atoms with Crippen LogP contribution in [0.3, 0.4) is 0 Å². The molecule has 3 rings (SSSR count). The Morgan fingerprint density at radius 2 is 1.46 bits per heavy atom. The van der Waals surface area contributed by atoms with Crippen molar-refractivity contribution < 1.29 is 80.5 Å². The molecule has 3 heterocycles. The molecule has 24 nitrogen and oxygen atoms in total. The number of phosphoric acid groups is 3. The number of imidazole rings is 1. The van der Waals surface area contributed by atoms with Crippen LogP contribution in [0.4, 0.5) is 5.82 Å². The third-order valence-electron chi connectivity index (χ3n) is 10.1. The van der Waals surface area contributed by atoms with Crippen molar-refractivity contribution in [1.82, 2.24) is 30.2 Å². The van der Waals surface area contributed by atoms with E-state index in [0.29, 0.717) is 19.3 Å². The topological polar surface area (TPSA) is 364 Å². The first-order valence-corrected chi connectivity index (χ1v) is 25.5. The Labute approximate surface area is 365 Å². The van der Waals surface area contributed by atoms with E-state index in [1.165, 1.54) is 65.2 Å². The highest BCUT2D eigenvalue weighted by Crippen LogP contribution is 2.61. The zero-order valence-electron chi connectivity index (χ0n) is 35.9. The number of nitrogen functional groups attached to an aromatic ring is 1. The van der Waals surface area contributed by atoms with Crippen molar-refractivity contribution in [1.29, 1.82) is 0 Å². The predicted molar refractivity (Wildman–Crippen MR) is 225 cm³/mol. The molecule has 2 aromatic rings. The van der Waals surface area contributed by atoms with E-state index in [9.17, 15) is 57.9 Å². The molecule has 0 aliphatic carbocycles. The first-order chi connectivity index (χ1) is 29.6. The van der Waals surface area contributed by atoms with Crippen molar-refractivity contribution in [3.63, 3.8) is 0 Å². The zero-order valence-corrected chi connectivity index (χ0v) is 38.5. The van der Waals surface area contributed by atoms with Gasteiger partial charge in [0.1, 0.15) is 42.0 Å². The van der Waals surface area contributed by atoms with Gasteiger partial charge in [0.05, 0.1) is 19.5 Å². The lowest BCUT2D eigenvalue weighted by molar-refractivity contribution is -0.137. The van der Waals surface area contributed by atoms with Gasteiger partial charge in [-0.05, 0) is 12.8 Å². The maximum atomic E-state index is 12.7. The largest absolute Gasteiger partial charge is 0.481 e. The molecular weight excluding hydrogens is 895 g/mol. The molecule has 2 unspecified atom stereocenters. The molecule has 10 N–H and O–H groups in total. The summed E-state index contributed by atoms with van der Waals surface area (Å²) in [5.74, 6) is -1.25. The smallest absolute Gasteiger partial charge is 0.387 e. The third kappa shape index (κ3) is 19.3. The number of nitrogens with two attached hydrogens (primary N) is 1. The molecule has 27 heteroatoms. The number of amides is 2. The standard InChI is InChI=1S/C36H64N7O17P3/c1-4-5-6-7-8-9-10-11-12-13-14-16-25(44)17-15-19-38-27(45)18-20-39-34(48)31(47)36(2,3)22-57-63(54,55)60-62(52,53)56-21-26-29(46)30(59-61(49,50)51)35(58-26)43-24-42-28-32(37)40-23-41-33(28)43/h23-24,26,29-31,35,46-47H,4-22H2,1-3H3,(H,38,45)(H,39,48)(H,52,53)(H,54,55)(H2,37,40,41)(H2,49,50,51)/t26-,29-,30-,31+,35-/m1/s1. The van der Waals surface area contributed by atoms with Crippen LogP contribution in [0.5, 0.6) is 0 Å². The number of carbonyl (C=O) groups excluding carboxylic acids is 3. The summed E-state index contributed by atoms with van der Waals surface area (Å²) in [5, 5.41) is 26.5. The number of nitrogens with zero attached hydrogens (tertiary/aromatic N) is 4. The van der Waals surface area contributed by atoms with Crippen molar-refractivity contribution in [2.24, 2.45) is 5.41 Å². The van der Waals surface area contributed by atoms with E-state index in [1.54, 1.807) is 0 Å². The molecule has 2 amide bonds. The number of phosphoric ester groups is 3. The molecule has 1 saturated heterocycles. The Morgan fingerprint density at radius 3 is 2.10 bits per heavy atom. The third-order valence-corrected chi connectivity index (χ3v) is 13.2. The molecule has 1 aliphatic heterocycles. The number of ketones is 1. The van der Waals surface area contributed by atoms with Gasteiger partial charge in [-0.3, -0.25) is 32.5 Å². The summed E-state index contributed by atoms with van der Waals surface area (Å²) in [6, 6.07) is 0. The number of aliphatic hydroxyl groups is 2. The highest BCUT2D eigenvalue weighted by atomic mass is 31.3. The van der Waals surface area contributed by atoms with E-state index in [1.807, 2.05) is 0 Å². The quantitative estimate of drug-likeness (QED) is 0.0374. The molecule has 0 bridgehead atoms. The van der Waals surface area contributed by atoms with Crippen molar-refractivity contribution in [2.45, 2.75) is 148 Å². The van der Waals surface area contributed by atoms with Gasteiger partial charge in [-0.2, -0.15) is 4.31 Å². The molecule has 1 fully saturated rings. The van der Waals surface area contributed by atoms with Crippen LogP contribution in [0, 0.1) is 5.41 Å². The molecule has 0 spiro atoms. The summed E-state index contributed by atoms with van der Waals surface area (Å²) in [4.78, 5) is 88.2. The Kier molecular flexibility index (Phi) is 22.3. The molecule has 7 atom stereocenters. The lowest BCUT2D eigenvalue weighted by atomic mass is 9.87. The second-order valence-electron chi connectivity index (χ2n) is 16.0. The fraction of sp³-hybridized carbons (Fsp3) is 0.778. The van der Waals surface area contributed by atoms with Gasteiger partial charge in [0.15, 0.2) is 17.7 Å². The summed E-state index contributed by atoms with van der Waals surface area (Å²) in [6.07, 6.45) is 7.69. The Morgan fingerprint density at radius 1 is 0.857 bits per heavy atom. The molecule has 0 radical (unpaired) electrons. The lowest BCUT2D eigenvalue weighted by Crippen LogP contribution is -2.46. The van der Waals surface area contributed by atoms with Gasteiger partial charge >= 0.3 is 23.5 Å². The van der Waals surface area contributed by atoms with E-state index in [2.05, 4.69) is 36.8 Å². The molecule has 360 valence electrons. The number of nitrogens with one attached hydrogen (secondary N) is 2. The van der Waals surface area contributed by atoms with Crippen LogP contribution in [0.25, 0.3) is 11.2 Å². The van der Waals surface area contributed by atoms with Gasteiger partial charge in [-0.15, -0.1) is 0 Å². The summed E-state index contributed by atoms with van der Waals surface area (Å²) in [5.41, 5.74) is 4.25.